The Hall–Kier alpha value is -1.66. The highest BCUT2D eigenvalue weighted by atomic mass is 16.6. The van der Waals surface area contributed by atoms with Crippen molar-refractivity contribution < 1.29 is 29.3 Å². The molecule has 0 bridgehead atoms. The summed E-state index contributed by atoms with van der Waals surface area (Å²) in [5, 5.41) is 18.9. The lowest BCUT2D eigenvalue weighted by Crippen LogP contribution is -2.16. The molecule has 0 spiro atoms. The number of hydrogen-bond acceptors (Lipinski definition) is 4. The van der Waals surface area contributed by atoms with Gasteiger partial charge in [0.05, 0.1) is 30.0 Å². The fourth-order valence-electron chi connectivity index (χ4n) is 4.56. The lowest BCUT2D eigenvalue weighted by Gasteiger charge is -2.20. The summed E-state index contributed by atoms with van der Waals surface area (Å²) in [6.07, 6.45) is 11.1. The number of ether oxygens (including phenoxy) is 2. The van der Waals surface area contributed by atoms with Crippen LogP contribution in [-0.4, -0.2) is 46.6 Å². The molecular weight excluding hydrogens is 336 g/mol. The van der Waals surface area contributed by atoms with Crippen molar-refractivity contribution in [2.45, 2.75) is 75.8 Å². The first kappa shape index (κ1) is 17.7. The van der Waals surface area contributed by atoms with Crippen LogP contribution in [0.1, 0.15) is 51.4 Å². The van der Waals surface area contributed by atoms with Gasteiger partial charge in [0.2, 0.25) is 0 Å². The van der Waals surface area contributed by atoms with Gasteiger partial charge in [-0.1, -0.05) is 12.2 Å². The second kappa shape index (κ2) is 7.16. The highest BCUT2D eigenvalue weighted by molar-refractivity contribution is 5.92. The Bertz CT molecular complexity index is 651. The maximum Gasteiger partial charge on any atom is 0.335 e. The molecule has 142 valence electrons. The maximum atomic E-state index is 12.0. The molecule has 0 aromatic carbocycles. The highest BCUT2D eigenvalue weighted by Crippen LogP contribution is 2.42. The zero-order valence-corrected chi connectivity index (χ0v) is 14.8. The summed E-state index contributed by atoms with van der Waals surface area (Å²) in [6, 6.07) is 0. The molecule has 2 saturated carbocycles. The number of carboxylic acid groups (broad SMARTS) is 2. The highest BCUT2D eigenvalue weighted by Gasteiger charge is 2.44. The quantitative estimate of drug-likeness (QED) is 0.410. The van der Waals surface area contributed by atoms with Crippen LogP contribution < -0.4 is 0 Å². The van der Waals surface area contributed by atoms with E-state index in [2.05, 4.69) is 0 Å². The largest absolute Gasteiger partial charge is 0.481 e. The van der Waals surface area contributed by atoms with Gasteiger partial charge in [-0.15, -0.1) is 0 Å². The Morgan fingerprint density at radius 1 is 0.808 bits per heavy atom. The van der Waals surface area contributed by atoms with E-state index in [1.54, 1.807) is 0 Å². The van der Waals surface area contributed by atoms with E-state index in [0.717, 1.165) is 38.5 Å². The number of aliphatic carboxylic acids is 2. The molecule has 2 N–H and O–H groups in total. The van der Waals surface area contributed by atoms with Crippen LogP contribution in [0.3, 0.4) is 0 Å². The number of hydrogen-bond donors (Lipinski definition) is 2. The summed E-state index contributed by atoms with van der Waals surface area (Å²) >= 11 is 0. The van der Waals surface area contributed by atoms with Crippen molar-refractivity contribution in [3.63, 3.8) is 0 Å². The zero-order valence-electron chi connectivity index (χ0n) is 14.8. The van der Waals surface area contributed by atoms with Crippen LogP contribution in [-0.2, 0) is 19.1 Å². The van der Waals surface area contributed by atoms with E-state index in [-0.39, 0.29) is 36.4 Å². The zero-order chi connectivity index (χ0) is 18.3. The Morgan fingerprint density at radius 3 is 1.88 bits per heavy atom. The predicted molar refractivity (Wildman–Crippen MR) is 92.7 cm³/mol. The van der Waals surface area contributed by atoms with E-state index < -0.39 is 11.9 Å². The molecule has 0 amide bonds. The number of fused-ring (bicyclic) bond motifs is 2. The molecule has 2 saturated heterocycles. The van der Waals surface area contributed by atoms with E-state index in [1.807, 2.05) is 12.2 Å². The average molecular weight is 362 g/mol. The number of epoxide rings is 2. The smallest absolute Gasteiger partial charge is 0.335 e. The van der Waals surface area contributed by atoms with Gasteiger partial charge in [0, 0.05) is 6.42 Å². The Labute approximate surface area is 152 Å². The number of allylic oxidation sites excluding steroid dienone is 2. The van der Waals surface area contributed by atoms with Crippen molar-refractivity contribution in [1.82, 2.24) is 0 Å². The van der Waals surface area contributed by atoms with Gasteiger partial charge in [-0.25, -0.2) is 4.79 Å². The molecule has 0 aromatic rings. The van der Waals surface area contributed by atoms with Crippen LogP contribution in [0, 0.1) is 11.8 Å². The third-order valence-electron chi connectivity index (χ3n) is 6.11. The number of carboxylic acids is 2. The maximum absolute atomic E-state index is 12.0. The van der Waals surface area contributed by atoms with Crippen molar-refractivity contribution in [2.75, 3.05) is 0 Å². The summed E-state index contributed by atoms with van der Waals surface area (Å²) in [5.41, 5.74) is 0.956. The topological polar surface area (TPSA) is 99.7 Å². The molecule has 6 atom stereocenters. The molecule has 0 aromatic heterocycles. The monoisotopic (exact) mass is 362 g/mol. The van der Waals surface area contributed by atoms with Crippen molar-refractivity contribution in [1.29, 1.82) is 0 Å². The summed E-state index contributed by atoms with van der Waals surface area (Å²) in [4.78, 5) is 23.0. The van der Waals surface area contributed by atoms with Crippen LogP contribution >= 0.6 is 0 Å². The standard InChI is InChI=1S/C20H26O6/c21-19(22)6-3-13(7-11-1-4-15-17(9-11)25-15)14(20(23)24)8-12-2-5-16-18(10-12)26-16/h7-8,11-12,15-18H,1-6,9-10H2,(H,21,22)(H,23,24)/b13-7-,14-8+. The molecule has 6 unspecified atom stereocenters. The fourth-order valence-corrected chi connectivity index (χ4v) is 4.56. The number of carbonyl (C=O) groups is 2. The average Bonchev–Trinajstić information content (AvgIpc) is 3.49. The minimum atomic E-state index is -0.961. The van der Waals surface area contributed by atoms with Crippen molar-refractivity contribution >= 4 is 11.9 Å². The van der Waals surface area contributed by atoms with E-state index in [1.165, 1.54) is 0 Å². The van der Waals surface area contributed by atoms with E-state index in [0.29, 0.717) is 23.9 Å². The van der Waals surface area contributed by atoms with Crippen LogP contribution in [0.5, 0.6) is 0 Å². The van der Waals surface area contributed by atoms with E-state index in [9.17, 15) is 14.7 Å². The third kappa shape index (κ3) is 4.18. The summed E-state index contributed by atoms with van der Waals surface area (Å²) < 4.78 is 11.1. The van der Waals surface area contributed by atoms with Gasteiger partial charge < -0.3 is 19.7 Å². The molecular formula is C20H26O6. The first-order valence-electron chi connectivity index (χ1n) is 9.68. The third-order valence-corrected chi connectivity index (χ3v) is 6.11. The van der Waals surface area contributed by atoms with Gasteiger partial charge in [-0.2, -0.15) is 0 Å². The van der Waals surface area contributed by atoms with Gasteiger partial charge >= 0.3 is 11.9 Å². The molecule has 6 nitrogen and oxygen atoms in total. The molecule has 0 radical (unpaired) electrons. The van der Waals surface area contributed by atoms with Crippen LogP contribution in [0.4, 0.5) is 0 Å². The Kier molecular flexibility index (Phi) is 4.88. The molecule has 4 aliphatic rings. The van der Waals surface area contributed by atoms with Crippen molar-refractivity contribution in [3.05, 3.63) is 23.3 Å². The van der Waals surface area contributed by atoms with Gasteiger partial charge in [0.1, 0.15) is 0 Å². The van der Waals surface area contributed by atoms with E-state index in [4.69, 9.17) is 14.6 Å². The van der Waals surface area contributed by atoms with Crippen molar-refractivity contribution in [2.24, 2.45) is 11.8 Å². The molecule has 4 fully saturated rings. The molecule has 2 heterocycles. The normalized spacial score (nSPS) is 38.9. The minimum absolute atomic E-state index is 0.0514. The molecule has 2 aliphatic heterocycles. The summed E-state index contributed by atoms with van der Waals surface area (Å²) in [5.74, 6) is -1.40. The minimum Gasteiger partial charge on any atom is -0.481 e. The lowest BCUT2D eigenvalue weighted by molar-refractivity contribution is -0.137. The molecule has 2 aliphatic carbocycles. The van der Waals surface area contributed by atoms with Gasteiger partial charge in [0.25, 0.3) is 0 Å². The second-order valence-corrected chi connectivity index (χ2v) is 8.04. The first-order valence-corrected chi connectivity index (χ1v) is 9.68. The molecule has 6 heteroatoms. The second-order valence-electron chi connectivity index (χ2n) is 8.04. The summed E-state index contributed by atoms with van der Waals surface area (Å²) in [7, 11) is 0. The van der Waals surface area contributed by atoms with Gasteiger partial charge in [0.15, 0.2) is 0 Å². The van der Waals surface area contributed by atoms with E-state index >= 15 is 0 Å². The first-order chi connectivity index (χ1) is 12.5. The Balaban J connectivity index is 1.53. The Morgan fingerprint density at radius 2 is 1.38 bits per heavy atom. The van der Waals surface area contributed by atoms with Crippen LogP contribution in [0.15, 0.2) is 23.3 Å². The summed E-state index contributed by atoms with van der Waals surface area (Å²) in [6.45, 7) is 0. The predicted octanol–water partition coefficient (Wildman–Crippen LogP) is 2.92. The van der Waals surface area contributed by atoms with Gasteiger partial charge in [-0.3, -0.25) is 4.79 Å². The SMILES string of the molecule is O=C(O)CCC(=C/C1CCC2OC2C1)/C(=C\C1CCC2OC2C1)C(=O)O. The van der Waals surface area contributed by atoms with Crippen molar-refractivity contribution in [3.8, 4) is 0 Å². The molecule has 26 heavy (non-hydrogen) atoms. The molecule has 4 rings (SSSR count). The fraction of sp³-hybridized carbons (Fsp3) is 0.700. The lowest BCUT2D eigenvalue weighted by atomic mass is 9.83. The van der Waals surface area contributed by atoms with Gasteiger partial charge in [-0.05, 0) is 62.4 Å². The van der Waals surface area contributed by atoms with Crippen LogP contribution in [0.2, 0.25) is 0 Å². The number of rotatable bonds is 7. The van der Waals surface area contributed by atoms with Crippen LogP contribution in [0.25, 0.3) is 0 Å².